The molecule has 0 aliphatic heterocycles. The first-order valence-electron chi connectivity index (χ1n) is 8.34. The fourth-order valence-corrected chi connectivity index (χ4v) is 2.68. The molecule has 0 spiro atoms. The van der Waals surface area contributed by atoms with Crippen LogP contribution < -0.4 is 5.43 Å². The Bertz CT molecular complexity index is 1040. The number of hydrazone groups is 1. The molecule has 3 rings (SSSR count). The van der Waals surface area contributed by atoms with Crippen molar-refractivity contribution < 1.29 is 14.1 Å². The molecule has 0 atom stereocenters. The van der Waals surface area contributed by atoms with E-state index in [9.17, 15) is 14.9 Å². The molecule has 0 bridgehead atoms. The Morgan fingerprint density at radius 1 is 1.21 bits per heavy atom. The molecule has 0 saturated heterocycles. The second kappa shape index (κ2) is 8.49. The molecule has 0 unspecified atom stereocenters. The van der Waals surface area contributed by atoms with Crippen LogP contribution in [0.4, 0.5) is 5.69 Å². The van der Waals surface area contributed by atoms with Crippen molar-refractivity contribution in [3.05, 3.63) is 86.6 Å². The predicted molar refractivity (Wildman–Crippen MR) is 106 cm³/mol. The van der Waals surface area contributed by atoms with E-state index >= 15 is 0 Å². The zero-order valence-corrected chi connectivity index (χ0v) is 15.6. The maximum atomic E-state index is 11.9. The summed E-state index contributed by atoms with van der Waals surface area (Å²) in [5.41, 5.74) is 4.71. The van der Waals surface area contributed by atoms with Crippen LogP contribution in [-0.4, -0.2) is 17.0 Å². The summed E-state index contributed by atoms with van der Waals surface area (Å²) in [6.45, 7) is 1.84. The summed E-state index contributed by atoms with van der Waals surface area (Å²) < 4.78 is 5.66. The van der Waals surface area contributed by atoms with Crippen molar-refractivity contribution in [2.24, 2.45) is 5.10 Å². The number of carbonyl (C=O) groups excluding carboxylic acids is 1. The first-order chi connectivity index (χ1) is 13.4. The van der Waals surface area contributed by atoms with Crippen molar-refractivity contribution in [2.45, 2.75) is 13.3 Å². The molecule has 0 saturated carbocycles. The number of amides is 1. The predicted octanol–water partition coefficient (Wildman–Crippen LogP) is 4.51. The van der Waals surface area contributed by atoms with Gasteiger partial charge in [0.05, 0.1) is 17.6 Å². The second-order valence-corrected chi connectivity index (χ2v) is 6.49. The maximum Gasteiger partial charge on any atom is 0.270 e. The van der Waals surface area contributed by atoms with Gasteiger partial charge in [0.2, 0.25) is 5.91 Å². The topological polar surface area (TPSA) is 97.7 Å². The Hall–Kier alpha value is -3.45. The average Bonchev–Trinajstić information content (AvgIpc) is 3.12. The number of hydrogen-bond donors (Lipinski definition) is 1. The van der Waals surface area contributed by atoms with Gasteiger partial charge >= 0.3 is 0 Å². The molecule has 0 radical (unpaired) electrons. The minimum absolute atomic E-state index is 0.0123. The molecule has 1 aromatic heterocycles. The van der Waals surface area contributed by atoms with E-state index in [2.05, 4.69) is 10.5 Å². The van der Waals surface area contributed by atoms with Gasteiger partial charge in [0, 0.05) is 22.7 Å². The average molecular weight is 398 g/mol. The van der Waals surface area contributed by atoms with Crippen LogP contribution in [0.1, 0.15) is 16.9 Å². The SMILES string of the molecule is Cc1ccc([N+](=O)[O-])cc1-c1ccc(/C=N\NC(=O)Cc2ccc(Cl)cc2)o1. The molecular weight excluding hydrogens is 382 g/mol. The molecule has 1 N–H and O–H groups in total. The largest absolute Gasteiger partial charge is 0.455 e. The molecule has 3 aromatic rings. The van der Waals surface area contributed by atoms with E-state index in [-0.39, 0.29) is 18.0 Å². The smallest absolute Gasteiger partial charge is 0.270 e. The molecule has 0 fully saturated rings. The van der Waals surface area contributed by atoms with Crippen molar-refractivity contribution in [1.82, 2.24) is 5.43 Å². The molecule has 2 aromatic carbocycles. The van der Waals surface area contributed by atoms with E-state index < -0.39 is 4.92 Å². The summed E-state index contributed by atoms with van der Waals surface area (Å²) in [6, 6.07) is 14.9. The number of nitrogens with zero attached hydrogens (tertiary/aromatic N) is 2. The van der Waals surface area contributed by atoms with Gasteiger partial charge in [-0.2, -0.15) is 5.10 Å². The van der Waals surface area contributed by atoms with Crippen LogP contribution in [0.15, 0.2) is 64.1 Å². The maximum absolute atomic E-state index is 11.9. The van der Waals surface area contributed by atoms with E-state index in [0.717, 1.165) is 11.1 Å². The van der Waals surface area contributed by atoms with Crippen molar-refractivity contribution in [1.29, 1.82) is 0 Å². The third kappa shape index (κ3) is 4.83. The van der Waals surface area contributed by atoms with E-state index in [1.165, 1.54) is 18.3 Å². The quantitative estimate of drug-likeness (QED) is 0.376. The number of benzene rings is 2. The van der Waals surface area contributed by atoms with Gasteiger partial charge in [-0.3, -0.25) is 14.9 Å². The van der Waals surface area contributed by atoms with Crippen LogP contribution >= 0.6 is 11.6 Å². The van der Waals surface area contributed by atoms with Gasteiger partial charge in [-0.05, 0) is 42.3 Å². The molecule has 28 heavy (non-hydrogen) atoms. The normalized spacial score (nSPS) is 10.9. The third-order valence-electron chi connectivity index (χ3n) is 3.98. The monoisotopic (exact) mass is 397 g/mol. The Kier molecular flexibility index (Phi) is 5.86. The van der Waals surface area contributed by atoms with E-state index in [0.29, 0.717) is 22.1 Å². The van der Waals surface area contributed by atoms with Gasteiger partial charge in [0.1, 0.15) is 11.5 Å². The summed E-state index contributed by atoms with van der Waals surface area (Å²) in [5, 5.41) is 15.4. The number of rotatable bonds is 6. The Morgan fingerprint density at radius 2 is 1.96 bits per heavy atom. The van der Waals surface area contributed by atoms with Crippen molar-refractivity contribution in [3.8, 4) is 11.3 Å². The van der Waals surface area contributed by atoms with E-state index in [1.54, 1.807) is 42.5 Å². The zero-order chi connectivity index (χ0) is 20.1. The fraction of sp³-hybridized carbons (Fsp3) is 0.100. The number of nitrogens with one attached hydrogen (secondary N) is 1. The lowest BCUT2D eigenvalue weighted by Crippen LogP contribution is -2.19. The summed E-state index contributed by atoms with van der Waals surface area (Å²) in [5.74, 6) is 0.614. The minimum atomic E-state index is -0.454. The van der Waals surface area contributed by atoms with Gasteiger partial charge in [0.25, 0.3) is 5.69 Å². The summed E-state index contributed by atoms with van der Waals surface area (Å²) in [4.78, 5) is 22.4. The van der Waals surface area contributed by atoms with Crippen LogP contribution in [0, 0.1) is 17.0 Å². The number of nitro groups is 1. The van der Waals surface area contributed by atoms with Crippen molar-refractivity contribution in [2.75, 3.05) is 0 Å². The highest BCUT2D eigenvalue weighted by Crippen LogP contribution is 2.28. The second-order valence-electron chi connectivity index (χ2n) is 6.05. The number of hydrogen-bond acceptors (Lipinski definition) is 5. The Labute approximate surface area is 165 Å². The highest BCUT2D eigenvalue weighted by atomic mass is 35.5. The van der Waals surface area contributed by atoms with Gasteiger partial charge in [0.15, 0.2) is 0 Å². The van der Waals surface area contributed by atoms with Crippen LogP contribution in [-0.2, 0) is 11.2 Å². The molecule has 0 aliphatic carbocycles. The molecule has 142 valence electrons. The number of nitro benzene ring substituents is 1. The van der Waals surface area contributed by atoms with Gasteiger partial charge < -0.3 is 4.42 Å². The lowest BCUT2D eigenvalue weighted by molar-refractivity contribution is -0.384. The molecule has 8 heteroatoms. The van der Waals surface area contributed by atoms with Gasteiger partial charge in [-0.1, -0.05) is 29.8 Å². The summed E-state index contributed by atoms with van der Waals surface area (Å²) >= 11 is 5.81. The lowest BCUT2D eigenvalue weighted by Gasteiger charge is -2.02. The standard InChI is InChI=1S/C20H16ClN3O4/c1-13-2-7-16(24(26)27)11-18(13)19-9-8-17(28-19)12-22-23-20(25)10-14-3-5-15(21)6-4-14/h2-9,11-12H,10H2,1H3,(H,23,25)/b22-12-. The number of furan rings is 1. The number of halogens is 1. The van der Waals surface area contributed by atoms with Gasteiger partial charge in [-0.25, -0.2) is 5.43 Å². The zero-order valence-electron chi connectivity index (χ0n) is 14.9. The molecule has 0 aliphatic rings. The minimum Gasteiger partial charge on any atom is -0.455 e. The number of aryl methyl sites for hydroxylation is 1. The molecule has 1 heterocycles. The summed E-state index contributed by atoms with van der Waals surface area (Å²) in [6.07, 6.45) is 1.54. The molecular formula is C20H16ClN3O4. The summed E-state index contributed by atoms with van der Waals surface area (Å²) in [7, 11) is 0. The Morgan fingerprint density at radius 3 is 2.68 bits per heavy atom. The first-order valence-corrected chi connectivity index (χ1v) is 8.72. The lowest BCUT2D eigenvalue weighted by atomic mass is 10.1. The highest BCUT2D eigenvalue weighted by Gasteiger charge is 2.13. The van der Waals surface area contributed by atoms with Crippen LogP contribution in [0.5, 0.6) is 0 Å². The highest BCUT2D eigenvalue weighted by molar-refractivity contribution is 6.30. The van der Waals surface area contributed by atoms with E-state index in [4.69, 9.17) is 16.0 Å². The molecule has 7 nitrogen and oxygen atoms in total. The van der Waals surface area contributed by atoms with Gasteiger partial charge in [-0.15, -0.1) is 0 Å². The number of non-ortho nitro benzene ring substituents is 1. The fourth-order valence-electron chi connectivity index (χ4n) is 2.55. The van der Waals surface area contributed by atoms with Crippen molar-refractivity contribution >= 4 is 29.4 Å². The third-order valence-corrected chi connectivity index (χ3v) is 4.24. The number of carbonyl (C=O) groups is 1. The van der Waals surface area contributed by atoms with E-state index in [1.807, 2.05) is 6.92 Å². The Balaban J connectivity index is 1.64. The van der Waals surface area contributed by atoms with Crippen LogP contribution in [0.2, 0.25) is 5.02 Å². The first kappa shape index (κ1) is 19.3. The van der Waals surface area contributed by atoms with Crippen molar-refractivity contribution in [3.63, 3.8) is 0 Å². The molecule has 1 amide bonds. The van der Waals surface area contributed by atoms with Crippen LogP contribution in [0.3, 0.4) is 0 Å². The van der Waals surface area contributed by atoms with Crippen LogP contribution in [0.25, 0.3) is 11.3 Å².